The molecule has 10 aromatic rings. The molecule has 0 saturated carbocycles. The monoisotopic (exact) mass is 2760 g/mol. The Morgan fingerprint density at radius 2 is 0.544 bits per heavy atom. The third-order valence-corrected chi connectivity index (χ3v) is 34.7. The topological polar surface area (TPSA) is 38.7 Å². The molecule has 0 bridgehead atoms. The molecule has 0 aliphatic heterocycles. The van der Waals surface area contributed by atoms with Gasteiger partial charge in [-0.25, -0.2) is 31.3 Å². The first-order valence-electron chi connectivity index (χ1n) is 23.7. The van der Waals surface area contributed by atoms with Crippen LogP contribution in [-0.2, 0) is 0 Å². The van der Waals surface area contributed by atoms with Crippen LogP contribution in [0.15, 0.2) is 54.6 Å². The van der Waals surface area contributed by atoms with Crippen molar-refractivity contribution in [3.05, 3.63) is 196 Å². The van der Waals surface area contributed by atoms with Crippen molar-refractivity contribution in [3.63, 3.8) is 0 Å². The maximum absolute atomic E-state index is 17.5. The van der Waals surface area contributed by atoms with E-state index in [-0.39, 0.29) is 64.8 Å². The van der Waals surface area contributed by atoms with Crippen LogP contribution in [0.2, 0.25) is 0 Å². The van der Waals surface area contributed by atoms with Gasteiger partial charge < -0.3 is 0 Å². The molecule has 0 radical (unpaired) electrons. The van der Waals surface area contributed by atoms with Crippen LogP contribution in [0.3, 0.4) is 0 Å². The molecule has 90 heavy (non-hydrogen) atoms. The normalized spacial score (nSPS) is 11.6. The second-order valence-corrected chi connectivity index (χ2v) is 33.7. The van der Waals surface area contributed by atoms with Crippen LogP contribution in [0.5, 0.6) is 0 Å². The minimum atomic E-state index is -2.32. The van der Waals surface area contributed by atoms with Crippen LogP contribution in [0, 0.1) is 141 Å². The zero-order valence-corrected chi connectivity index (χ0v) is 72.8. The van der Waals surface area contributed by atoms with Gasteiger partial charge in [-0.1, -0.05) is 0 Å². The fourth-order valence-corrected chi connectivity index (χ4v) is 20.8. The van der Waals surface area contributed by atoms with E-state index in [9.17, 15) is 13.2 Å². The van der Waals surface area contributed by atoms with Crippen molar-refractivity contribution in [1.82, 2.24) is 15.0 Å². The van der Waals surface area contributed by atoms with E-state index in [4.69, 9.17) is 0 Å². The number of aromatic nitrogens is 3. The summed E-state index contributed by atoms with van der Waals surface area (Å²) in [5.41, 5.74) is -15.7. The zero-order chi connectivity index (χ0) is 66.2. The molecule has 0 fully saturated rings. The summed E-state index contributed by atoms with van der Waals surface area (Å²) < 4.78 is 291. The average molecular weight is 2760 g/mol. The van der Waals surface area contributed by atoms with Gasteiger partial charge in [0.2, 0.25) is 5.95 Å². The summed E-state index contributed by atoms with van der Waals surface area (Å²) in [6.45, 7) is 0. The van der Waals surface area contributed by atoms with Gasteiger partial charge in [-0.2, -0.15) is 4.39 Å². The fraction of sp³-hybridized carbons (Fsp3) is 0. The summed E-state index contributed by atoms with van der Waals surface area (Å²) in [6.07, 6.45) is 0. The molecule has 0 aliphatic rings. The molecule has 0 aliphatic carbocycles. The van der Waals surface area contributed by atoms with E-state index in [1.165, 1.54) is 119 Å². The van der Waals surface area contributed by atoms with E-state index in [1.54, 1.807) is 67.8 Å². The van der Waals surface area contributed by atoms with Crippen LogP contribution in [0.4, 0.5) is 79.0 Å². The van der Waals surface area contributed by atoms with E-state index in [0.29, 0.717) is 18.2 Å². The van der Waals surface area contributed by atoms with E-state index < -0.39 is 234 Å². The minimum absolute atomic E-state index is 0.0222. The number of nitrogens with zero attached hydrogens (tertiary/aromatic N) is 3. The number of hydrogen-bond donors (Lipinski definition) is 0. The summed E-state index contributed by atoms with van der Waals surface area (Å²) in [6, 6.07) is 7.79. The number of pyridine rings is 3. The van der Waals surface area contributed by atoms with Crippen LogP contribution < -0.4 is 6.25 Å². The molecular weight excluding hydrogens is 2750 g/mol. The Bertz CT molecular complexity index is 4230. The van der Waals surface area contributed by atoms with Gasteiger partial charge in [0.1, 0.15) is 15.3 Å². The Balaban J connectivity index is 1.24. The van der Waals surface area contributed by atoms with Gasteiger partial charge in [-0.15, -0.1) is 0 Å². The molecule has 0 amide bonds. The van der Waals surface area contributed by atoms with Gasteiger partial charge in [0.05, 0.1) is 18.3 Å². The Morgan fingerprint density at radius 3 is 0.956 bits per heavy atom. The second kappa shape index (κ2) is 28.2. The summed E-state index contributed by atoms with van der Waals surface area (Å²) in [5.74, 6) is -32.1. The van der Waals surface area contributed by atoms with Gasteiger partial charge in [-0.3, -0.25) is 0 Å². The third-order valence-electron chi connectivity index (χ3n) is 13.6. The first kappa shape index (κ1) is 72.6. The summed E-state index contributed by atoms with van der Waals surface area (Å²) in [5, 5.41) is 0. The Hall–Kier alpha value is -0.126. The van der Waals surface area contributed by atoms with Crippen molar-refractivity contribution in [1.29, 1.82) is 0 Å². The van der Waals surface area contributed by atoms with Crippen molar-refractivity contribution < 1.29 is 79.0 Å². The van der Waals surface area contributed by atoms with Crippen molar-refractivity contribution >= 4 is 284 Å². The summed E-state index contributed by atoms with van der Waals surface area (Å²) in [7, 11) is 0. The molecule has 3 nitrogen and oxygen atoms in total. The number of benzene rings is 7. The Morgan fingerprint density at radius 1 is 0.244 bits per heavy atom. The number of hydrogen-bond acceptors (Lipinski definition) is 3. The number of halogens is 28. The summed E-state index contributed by atoms with van der Waals surface area (Å²) in [4.78, 5) is 10.2. The molecule has 454 valence electrons. The zero-order valence-electron chi connectivity index (χ0n) is 42.3. The molecule has 3 heterocycles. The van der Waals surface area contributed by atoms with Gasteiger partial charge in [0, 0.05) is 11.1 Å². The van der Waals surface area contributed by atoms with Crippen molar-refractivity contribution in [2.75, 3.05) is 0 Å². The standard InChI is InChI=1S/C57H9F18I10N3.2Tl/c58-22-4-1-15(55(74)86-22)18-10-20(76)29(41(66)35(18)60)32-45(70)39(64)26(51(81)53(32)83)13-7-12(25-37(62)43(68)31(44(69)38(25)63)34-49(79)47(72)28(48(73)50(34)80)17-3-6-24(78)88-56(17)75)8-14(9-13)27-40(65)46(71)33(54(84)52(27)82)30-21(77)11-19(36(61)42(30)67)16-2-5-23(59)87-57(16)85;;/h1-9H;;. The molecule has 0 saturated heterocycles. The van der Waals surface area contributed by atoms with Crippen molar-refractivity contribution in [2.45, 2.75) is 0 Å². The summed E-state index contributed by atoms with van der Waals surface area (Å²) >= 11 is 13.6. The van der Waals surface area contributed by atoms with E-state index >= 15 is 65.9 Å². The predicted molar refractivity (Wildman–Crippen MR) is 386 cm³/mol. The van der Waals surface area contributed by atoms with Crippen molar-refractivity contribution in [2.24, 2.45) is 0 Å². The van der Waals surface area contributed by atoms with E-state index in [0.717, 1.165) is 75.5 Å². The van der Waals surface area contributed by atoms with Gasteiger partial charge in [0.15, 0.2) is 11.6 Å². The molecule has 0 unspecified atom stereocenters. The number of rotatable bonds is 9. The van der Waals surface area contributed by atoms with Gasteiger partial charge in [0.25, 0.3) is 0 Å². The van der Waals surface area contributed by atoms with E-state index in [2.05, 4.69) is 15.0 Å². The van der Waals surface area contributed by atoms with Crippen LogP contribution >= 0.6 is 226 Å². The average Bonchev–Trinajstić information content (AvgIpc) is 0.751. The third kappa shape index (κ3) is 12.4. The SMILES string of the molecule is Fc1ccc(-c2c(F)c(F)c(-c3c(F)c(F)c(-c4cc(-c5c(F)c(F)c(-c6c(I)c(F)c(-c7ccc(I)nc7F)c(F)c6I)c(F)c5F)cc(-c5c(F)c(F)c(-c6c(F)c(F)c(-c7ccc(F)nc7I)[c]([Tl])c6I)c(I)c5I)c4)c(I)c3I)c(I)[c]2[Tl])c(F)n1. The van der Waals surface area contributed by atoms with Crippen LogP contribution in [0.1, 0.15) is 0 Å². The molecule has 10 rings (SSSR count). The molecule has 33 heteroatoms. The van der Waals surface area contributed by atoms with Gasteiger partial charge >= 0.3 is 496 Å². The van der Waals surface area contributed by atoms with Crippen LogP contribution in [-0.4, -0.2) is 66.5 Å². The molecule has 0 spiro atoms. The van der Waals surface area contributed by atoms with Gasteiger partial charge in [-0.05, 0) is 79.9 Å². The molecular formula is C57H9F18I10N3Tl2. The quantitative estimate of drug-likeness (QED) is 0.0475. The molecule has 7 aromatic carbocycles. The second-order valence-electron chi connectivity index (χ2n) is 18.5. The van der Waals surface area contributed by atoms with Crippen LogP contribution in [0.25, 0.3) is 100 Å². The molecule has 0 atom stereocenters. The predicted octanol–water partition coefficient (Wildman–Crippen LogP) is 21.0. The first-order valence-corrected chi connectivity index (χ1v) is 39.0. The first-order chi connectivity index (χ1) is 42.2. The van der Waals surface area contributed by atoms with E-state index in [1.807, 2.05) is 0 Å². The Kier molecular flexibility index (Phi) is 22.8. The van der Waals surface area contributed by atoms with Crippen molar-refractivity contribution in [3.8, 4) is 100 Å². The molecule has 0 N–H and O–H groups in total. The fourth-order valence-electron chi connectivity index (χ4n) is 9.58. The Labute approximate surface area is 662 Å². The maximum atomic E-state index is 17.5. The molecule has 3 aromatic heterocycles.